The first kappa shape index (κ1) is 29.5. The van der Waals surface area contributed by atoms with E-state index in [0.717, 1.165) is 49.3 Å². The zero-order valence-corrected chi connectivity index (χ0v) is 20.8. The largest absolute Gasteiger partial charge is 0.573 e. The molecule has 0 unspecified atom stereocenters. The molecule has 38 heavy (non-hydrogen) atoms. The van der Waals surface area contributed by atoms with E-state index in [9.17, 15) is 13.2 Å². The van der Waals surface area contributed by atoms with Crippen molar-refractivity contribution in [2.45, 2.75) is 78.0 Å². The molecule has 3 aromatic rings. The highest BCUT2D eigenvalue weighted by molar-refractivity contribution is 5.67. The Morgan fingerprint density at radius 1 is 0.816 bits per heavy atom. The van der Waals surface area contributed by atoms with Crippen LogP contribution in [0.3, 0.4) is 0 Å². The van der Waals surface area contributed by atoms with Gasteiger partial charge in [-0.3, -0.25) is 0 Å². The summed E-state index contributed by atoms with van der Waals surface area (Å²) in [6.07, 6.45) is 4.65. The van der Waals surface area contributed by atoms with E-state index in [2.05, 4.69) is 11.7 Å². The van der Waals surface area contributed by atoms with Crippen LogP contribution in [-0.4, -0.2) is 6.36 Å². The van der Waals surface area contributed by atoms with Gasteiger partial charge in [0.2, 0.25) is 0 Å². The Bertz CT molecular complexity index is 1170. The quantitative estimate of drug-likeness (QED) is 0.201. The summed E-state index contributed by atoms with van der Waals surface area (Å²) in [5.74, 6) is -0.628. The summed E-state index contributed by atoms with van der Waals surface area (Å²) in [7, 11) is 0. The summed E-state index contributed by atoms with van der Waals surface area (Å²) in [6.45, 7) is 2.21. The molecule has 0 amide bonds. The highest BCUT2D eigenvalue weighted by atomic mass is 19.4. The summed E-state index contributed by atoms with van der Waals surface area (Å²) in [5.41, 5.74) is 1.13. The van der Waals surface area contributed by atoms with Gasteiger partial charge in [-0.15, -0.1) is 13.2 Å². The summed E-state index contributed by atoms with van der Waals surface area (Å²) in [4.78, 5) is 0. The third-order valence-corrected chi connectivity index (χ3v) is 7.07. The van der Waals surface area contributed by atoms with Crippen molar-refractivity contribution in [3.05, 3.63) is 77.9 Å². The normalized spacial score (nSPS) is 17.5. The van der Waals surface area contributed by atoms with Gasteiger partial charge in [-0.1, -0.05) is 64.3 Å². The molecule has 0 aliphatic heterocycles. The van der Waals surface area contributed by atoms with Crippen molar-refractivity contribution in [1.29, 1.82) is 0 Å². The maximum atomic E-state index is 15.3. The van der Waals surface area contributed by atoms with E-state index >= 15 is 8.78 Å². The predicted molar refractivity (Wildman–Crippen MR) is 141 cm³/mol. The second-order valence-corrected chi connectivity index (χ2v) is 9.69. The van der Waals surface area contributed by atoms with Crippen molar-refractivity contribution in [3.63, 3.8) is 0 Å². The fraction of sp³-hybridized carbons (Fsp3) is 0.419. The molecule has 2 nitrogen and oxygen atoms in total. The van der Waals surface area contributed by atoms with E-state index in [1.54, 1.807) is 12.1 Å². The molecule has 0 atom stereocenters. The lowest BCUT2D eigenvalue weighted by Crippen LogP contribution is -2.16. The summed E-state index contributed by atoms with van der Waals surface area (Å²) in [6, 6.07) is 14.0. The molecule has 0 aromatic heterocycles. The van der Waals surface area contributed by atoms with Gasteiger partial charge in [-0.25, -0.2) is 8.78 Å². The lowest BCUT2D eigenvalue weighted by molar-refractivity contribution is -0.274. The summed E-state index contributed by atoms with van der Waals surface area (Å²) >= 11 is 0. The van der Waals surface area contributed by atoms with Crippen molar-refractivity contribution in [2.24, 2.45) is 5.92 Å². The lowest BCUT2D eigenvalue weighted by atomic mass is 9.77. The van der Waals surface area contributed by atoms with Crippen molar-refractivity contribution >= 4 is 0 Å². The average molecular weight is 535 g/mol. The Morgan fingerprint density at radius 2 is 1.50 bits per heavy atom. The molecule has 3 aromatic carbocycles. The van der Waals surface area contributed by atoms with Crippen molar-refractivity contribution in [1.82, 2.24) is 0 Å². The number of ether oxygens (including phenoxy) is 2. The Morgan fingerprint density at radius 3 is 2.13 bits per heavy atom. The molecular formula is C31H35F5O2. The molecule has 7 heteroatoms. The fourth-order valence-electron chi connectivity index (χ4n) is 5.11. The first-order valence-corrected chi connectivity index (χ1v) is 12.9. The van der Waals surface area contributed by atoms with Crippen LogP contribution >= 0.6 is 0 Å². The van der Waals surface area contributed by atoms with Crippen LogP contribution in [0.15, 0.2) is 60.7 Å². The number of benzene rings is 3. The van der Waals surface area contributed by atoms with E-state index in [-0.39, 0.29) is 30.1 Å². The van der Waals surface area contributed by atoms with Crippen molar-refractivity contribution < 1.29 is 31.4 Å². The zero-order chi connectivity index (χ0) is 26.4. The molecule has 0 heterocycles. The number of alkyl halides is 3. The van der Waals surface area contributed by atoms with Crippen LogP contribution in [0.2, 0.25) is 0 Å². The smallest absolute Gasteiger partial charge is 0.454 e. The second kappa shape index (κ2) is 13.1. The first-order chi connectivity index (χ1) is 17.7. The van der Waals surface area contributed by atoms with Crippen molar-refractivity contribution in [2.75, 3.05) is 0 Å². The molecule has 1 saturated carbocycles. The van der Waals surface area contributed by atoms with Gasteiger partial charge in [0.05, 0.1) is 0 Å². The molecule has 4 rings (SSSR count). The average Bonchev–Trinajstić information content (AvgIpc) is 2.86. The van der Waals surface area contributed by atoms with E-state index in [1.807, 2.05) is 6.07 Å². The zero-order valence-electron chi connectivity index (χ0n) is 20.8. The van der Waals surface area contributed by atoms with Crippen LogP contribution in [0.25, 0.3) is 11.1 Å². The van der Waals surface area contributed by atoms with Crippen LogP contribution in [-0.2, 0) is 0 Å². The van der Waals surface area contributed by atoms with Gasteiger partial charge >= 0.3 is 6.36 Å². The van der Waals surface area contributed by atoms with Crippen LogP contribution in [0, 0.1) is 17.6 Å². The minimum absolute atomic E-state index is 0. The topological polar surface area (TPSA) is 18.5 Å². The maximum Gasteiger partial charge on any atom is 0.573 e. The molecule has 0 saturated heterocycles. The second-order valence-electron chi connectivity index (χ2n) is 9.69. The van der Waals surface area contributed by atoms with Gasteiger partial charge in [-0.2, -0.15) is 0 Å². The van der Waals surface area contributed by atoms with Gasteiger partial charge < -0.3 is 9.47 Å². The molecule has 1 aliphatic carbocycles. The van der Waals surface area contributed by atoms with Gasteiger partial charge in [0, 0.05) is 11.1 Å². The van der Waals surface area contributed by atoms with Gasteiger partial charge in [0.15, 0.2) is 11.6 Å². The number of hydrogen-bond donors (Lipinski definition) is 0. The van der Waals surface area contributed by atoms with E-state index in [4.69, 9.17) is 4.74 Å². The third-order valence-electron chi connectivity index (χ3n) is 7.07. The lowest BCUT2D eigenvalue weighted by Gasteiger charge is -2.29. The molecule has 1 aliphatic rings. The Kier molecular flexibility index (Phi) is 10.2. The fourth-order valence-corrected chi connectivity index (χ4v) is 5.11. The molecule has 206 valence electrons. The summed E-state index contributed by atoms with van der Waals surface area (Å²) < 4.78 is 76.9. The molecule has 1 fully saturated rings. The van der Waals surface area contributed by atoms with Gasteiger partial charge in [0.1, 0.15) is 17.3 Å². The van der Waals surface area contributed by atoms with E-state index in [1.165, 1.54) is 56.0 Å². The minimum Gasteiger partial charge on any atom is -0.454 e. The van der Waals surface area contributed by atoms with Crippen LogP contribution < -0.4 is 9.47 Å². The number of rotatable bonds is 9. The maximum absolute atomic E-state index is 15.3. The molecule has 0 radical (unpaired) electrons. The predicted octanol–water partition coefficient (Wildman–Crippen LogP) is 10.8. The van der Waals surface area contributed by atoms with Gasteiger partial charge in [-0.05, 0) is 79.5 Å². The molecule has 0 bridgehead atoms. The SMILES string of the molecule is C.CCCCCC1CCC(c2ccc(-c3cccc(Oc4ccc(OC(F)(F)F)cc4)c3F)c(F)c2)CC1. The van der Waals surface area contributed by atoms with E-state index in [0.29, 0.717) is 5.92 Å². The van der Waals surface area contributed by atoms with Crippen molar-refractivity contribution in [3.8, 4) is 28.4 Å². The Hall–Kier alpha value is -3.09. The van der Waals surface area contributed by atoms with Crippen LogP contribution in [0.1, 0.15) is 77.2 Å². The Labute approximate surface area is 221 Å². The minimum atomic E-state index is -4.81. The first-order valence-electron chi connectivity index (χ1n) is 12.9. The third kappa shape index (κ3) is 7.71. The monoisotopic (exact) mass is 534 g/mol. The highest BCUT2D eigenvalue weighted by Crippen LogP contribution is 2.40. The number of halogens is 5. The van der Waals surface area contributed by atoms with Gasteiger partial charge in [0.25, 0.3) is 0 Å². The Balaban J connectivity index is 0.00000400. The van der Waals surface area contributed by atoms with E-state index < -0.39 is 23.7 Å². The molecular weight excluding hydrogens is 499 g/mol. The molecule has 0 spiro atoms. The highest BCUT2D eigenvalue weighted by Gasteiger charge is 2.31. The van der Waals surface area contributed by atoms with Crippen LogP contribution in [0.5, 0.6) is 17.2 Å². The number of hydrogen-bond acceptors (Lipinski definition) is 2. The standard InChI is InChI=1S/C30H31F5O2.CH4/c1-2-3-4-6-20-9-11-21(12-10-20)22-13-18-25(27(31)19-22)26-7-5-8-28(29(26)32)36-23-14-16-24(17-15-23)37-30(33,34)35;/h5,7-8,13-21H,2-4,6,9-12H2,1H3;1H4. The molecule has 0 N–H and O–H groups in total. The van der Waals surface area contributed by atoms with Crippen LogP contribution in [0.4, 0.5) is 22.0 Å². The number of unbranched alkanes of at least 4 members (excludes halogenated alkanes) is 2. The summed E-state index contributed by atoms with van der Waals surface area (Å²) in [5, 5.41) is 0.